The highest BCUT2D eigenvalue weighted by Crippen LogP contribution is 2.22. The number of thiazole rings is 1. The van der Waals surface area contributed by atoms with Crippen molar-refractivity contribution in [2.45, 2.75) is 26.3 Å². The van der Waals surface area contributed by atoms with Gasteiger partial charge in [0, 0.05) is 31.6 Å². The number of hydrogen-bond donors (Lipinski definition) is 0. The summed E-state index contributed by atoms with van der Waals surface area (Å²) in [7, 11) is 0. The summed E-state index contributed by atoms with van der Waals surface area (Å²) in [5.41, 5.74) is 1.05. The van der Waals surface area contributed by atoms with Gasteiger partial charge in [-0.3, -0.25) is 4.79 Å². The van der Waals surface area contributed by atoms with Gasteiger partial charge in [0.25, 0.3) is 0 Å². The highest BCUT2D eigenvalue weighted by Gasteiger charge is 2.25. The summed E-state index contributed by atoms with van der Waals surface area (Å²) in [6.07, 6.45) is 4.00. The molecule has 0 bridgehead atoms. The van der Waals surface area contributed by atoms with Gasteiger partial charge in [-0.1, -0.05) is 0 Å². The second-order valence-corrected chi connectivity index (χ2v) is 6.33. The molecule has 0 saturated carbocycles. The maximum absolute atomic E-state index is 12.6. The van der Waals surface area contributed by atoms with Crippen LogP contribution in [0.25, 0.3) is 0 Å². The lowest BCUT2D eigenvalue weighted by Crippen LogP contribution is -2.39. The third-order valence-corrected chi connectivity index (χ3v) is 4.90. The van der Waals surface area contributed by atoms with Crippen LogP contribution < -0.4 is 4.90 Å². The van der Waals surface area contributed by atoms with Gasteiger partial charge < -0.3 is 9.80 Å². The Morgan fingerprint density at radius 1 is 1.32 bits per heavy atom. The minimum atomic E-state index is -0.309. The van der Waals surface area contributed by atoms with E-state index in [2.05, 4.69) is 25.3 Å². The summed E-state index contributed by atoms with van der Waals surface area (Å²) in [4.78, 5) is 25.2. The third kappa shape index (κ3) is 3.11. The van der Waals surface area contributed by atoms with Gasteiger partial charge in [-0.25, -0.2) is 14.6 Å². The fraction of sp³-hybridized carbons (Fsp3) is 0.571. The van der Waals surface area contributed by atoms with Crippen LogP contribution in [-0.4, -0.2) is 56.7 Å². The van der Waals surface area contributed by atoms with E-state index in [9.17, 15) is 4.79 Å². The van der Waals surface area contributed by atoms with Crippen LogP contribution >= 0.6 is 11.3 Å². The van der Waals surface area contributed by atoms with Crippen molar-refractivity contribution in [3.8, 4) is 0 Å². The van der Waals surface area contributed by atoms with Crippen molar-refractivity contribution in [1.29, 1.82) is 0 Å². The average molecular weight is 320 g/mol. The normalized spacial score (nSPS) is 17.4. The molecule has 1 aliphatic heterocycles. The fourth-order valence-electron chi connectivity index (χ4n) is 2.61. The zero-order valence-corrected chi connectivity index (χ0v) is 13.7. The molecule has 1 fully saturated rings. The SMILES string of the molecule is Cc1csc(N2CCCN(C(=O)[C@@H](C)n3cncn3)CC2)n1. The number of rotatable bonds is 3. The molecule has 118 valence electrons. The fourth-order valence-corrected chi connectivity index (χ4v) is 3.47. The number of hydrogen-bond acceptors (Lipinski definition) is 6. The molecule has 2 aromatic heterocycles. The first-order valence-electron chi connectivity index (χ1n) is 7.45. The van der Waals surface area contributed by atoms with Gasteiger partial charge in [0.05, 0.1) is 5.69 Å². The molecule has 0 aliphatic carbocycles. The summed E-state index contributed by atoms with van der Waals surface area (Å²) in [5.74, 6) is 0.0997. The molecule has 1 atom stereocenters. The Kier molecular flexibility index (Phi) is 4.37. The molecular formula is C14H20N6OS. The average Bonchev–Trinajstić information content (AvgIpc) is 3.13. The predicted molar refractivity (Wildman–Crippen MR) is 85.0 cm³/mol. The lowest BCUT2D eigenvalue weighted by molar-refractivity contribution is -0.134. The molecular weight excluding hydrogens is 300 g/mol. The lowest BCUT2D eigenvalue weighted by atomic mass is 10.2. The second-order valence-electron chi connectivity index (χ2n) is 5.49. The molecule has 0 spiro atoms. The summed E-state index contributed by atoms with van der Waals surface area (Å²) >= 11 is 1.67. The van der Waals surface area contributed by atoms with Crippen molar-refractivity contribution < 1.29 is 4.79 Å². The number of amides is 1. The van der Waals surface area contributed by atoms with E-state index in [4.69, 9.17) is 0 Å². The third-order valence-electron chi connectivity index (χ3n) is 3.88. The number of aryl methyl sites for hydroxylation is 1. The highest BCUT2D eigenvalue weighted by atomic mass is 32.1. The maximum atomic E-state index is 12.6. The Balaban J connectivity index is 1.63. The van der Waals surface area contributed by atoms with Crippen molar-refractivity contribution in [1.82, 2.24) is 24.6 Å². The van der Waals surface area contributed by atoms with Gasteiger partial charge in [0.2, 0.25) is 5.91 Å². The van der Waals surface area contributed by atoms with Crippen molar-refractivity contribution >= 4 is 22.4 Å². The molecule has 0 aromatic carbocycles. The van der Waals surface area contributed by atoms with Crippen LogP contribution in [0, 0.1) is 6.92 Å². The summed E-state index contributed by atoms with van der Waals surface area (Å²) in [6.45, 7) is 7.13. The van der Waals surface area contributed by atoms with Crippen LogP contribution in [0.3, 0.4) is 0 Å². The summed E-state index contributed by atoms with van der Waals surface area (Å²) in [6, 6.07) is -0.309. The molecule has 0 N–H and O–H groups in total. The van der Waals surface area contributed by atoms with E-state index < -0.39 is 0 Å². The van der Waals surface area contributed by atoms with E-state index in [1.165, 1.54) is 6.33 Å². The number of aromatic nitrogens is 4. The van der Waals surface area contributed by atoms with E-state index in [1.807, 2.05) is 18.7 Å². The number of carbonyl (C=O) groups excluding carboxylic acids is 1. The highest BCUT2D eigenvalue weighted by molar-refractivity contribution is 7.13. The minimum Gasteiger partial charge on any atom is -0.346 e. The van der Waals surface area contributed by atoms with E-state index in [1.54, 1.807) is 22.3 Å². The van der Waals surface area contributed by atoms with E-state index >= 15 is 0 Å². The van der Waals surface area contributed by atoms with Crippen LogP contribution in [0.4, 0.5) is 5.13 Å². The molecule has 1 aliphatic rings. The Hall–Kier alpha value is -1.96. The van der Waals surface area contributed by atoms with Crippen LogP contribution in [0.5, 0.6) is 0 Å². The molecule has 8 heteroatoms. The summed E-state index contributed by atoms with van der Waals surface area (Å²) in [5, 5.41) is 7.18. The largest absolute Gasteiger partial charge is 0.346 e. The van der Waals surface area contributed by atoms with Gasteiger partial charge in [0.1, 0.15) is 18.7 Å². The Morgan fingerprint density at radius 2 is 2.18 bits per heavy atom. The summed E-state index contributed by atoms with van der Waals surface area (Å²) < 4.78 is 1.61. The van der Waals surface area contributed by atoms with Gasteiger partial charge in [0.15, 0.2) is 5.13 Å². The molecule has 7 nitrogen and oxygen atoms in total. The number of carbonyl (C=O) groups is 1. The van der Waals surface area contributed by atoms with Crippen LogP contribution in [0.15, 0.2) is 18.0 Å². The molecule has 3 heterocycles. The smallest absolute Gasteiger partial charge is 0.247 e. The zero-order chi connectivity index (χ0) is 15.5. The monoisotopic (exact) mass is 320 g/mol. The van der Waals surface area contributed by atoms with E-state index in [0.29, 0.717) is 0 Å². The van der Waals surface area contributed by atoms with Crippen LogP contribution in [0.2, 0.25) is 0 Å². The van der Waals surface area contributed by atoms with Gasteiger partial charge >= 0.3 is 0 Å². The predicted octanol–water partition coefficient (Wildman–Crippen LogP) is 1.34. The Bertz CT molecular complexity index is 625. The lowest BCUT2D eigenvalue weighted by Gasteiger charge is -2.24. The zero-order valence-electron chi connectivity index (χ0n) is 12.8. The number of nitrogens with zero attached hydrogens (tertiary/aromatic N) is 6. The van der Waals surface area contributed by atoms with Crippen molar-refractivity contribution in [3.63, 3.8) is 0 Å². The topological polar surface area (TPSA) is 67.2 Å². The van der Waals surface area contributed by atoms with E-state index in [-0.39, 0.29) is 11.9 Å². The van der Waals surface area contributed by atoms with Gasteiger partial charge in [-0.2, -0.15) is 5.10 Å². The first-order chi connectivity index (χ1) is 10.6. The molecule has 0 unspecified atom stereocenters. The van der Waals surface area contributed by atoms with Crippen molar-refractivity contribution in [2.75, 3.05) is 31.1 Å². The molecule has 1 amide bonds. The first-order valence-corrected chi connectivity index (χ1v) is 8.33. The molecule has 2 aromatic rings. The molecule has 0 radical (unpaired) electrons. The second kappa shape index (κ2) is 6.43. The first kappa shape index (κ1) is 15.0. The standard InChI is InChI=1S/C14H20N6OS/c1-11-8-22-14(17-11)19-5-3-4-18(6-7-19)13(21)12(2)20-10-15-9-16-20/h8-10,12H,3-7H2,1-2H3/t12-/m1/s1. The molecule has 22 heavy (non-hydrogen) atoms. The van der Waals surface area contributed by atoms with E-state index in [0.717, 1.165) is 43.4 Å². The maximum Gasteiger partial charge on any atom is 0.247 e. The Morgan fingerprint density at radius 3 is 2.86 bits per heavy atom. The van der Waals surface area contributed by atoms with Crippen molar-refractivity contribution in [2.24, 2.45) is 0 Å². The van der Waals surface area contributed by atoms with Crippen LogP contribution in [0.1, 0.15) is 25.1 Å². The van der Waals surface area contributed by atoms with Gasteiger partial charge in [-0.05, 0) is 20.3 Å². The van der Waals surface area contributed by atoms with Gasteiger partial charge in [-0.15, -0.1) is 11.3 Å². The number of anilines is 1. The minimum absolute atomic E-state index is 0.0997. The molecule has 1 saturated heterocycles. The Labute approximate surface area is 133 Å². The quantitative estimate of drug-likeness (QED) is 0.854. The van der Waals surface area contributed by atoms with Crippen LogP contribution in [-0.2, 0) is 4.79 Å². The molecule has 3 rings (SSSR count). The van der Waals surface area contributed by atoms with Crippen molar-refractivity contribution in [3.05, 3.63) is 23.7 Å².